The number of thiophene rings is 1. The van der Waals surface area contributed by atoms with Crippen LogP contribution in [-0.4, -0.2) is 29.1 Å². The normalized spacial score (nSPS) is 27.7. The maximum atomic E-state index is 13.1. The Morgan fingerprint density at radius 3 is 2.50 bits per heavy atom. The van der Waals surface area contributed by atoms with Gasteiger partial charge in [0.1, 0.15) is 5.00 Å². The number of hydrogen-bond donors (Lipinski definition) is 2. The number of fused-ring (bicyclic) bond motifs is 3. The molecule has 0 aromatic carbocycles. The summed E-state index contributed by atoms with van der Waals surface area (Å²) in [6, 6.07) is 0. The molecule has 4 atom stereocenters. The SMILES string of the molecule is CC(C)OC(=O)c1c(NC(=O)[C@@H]2[C@H](C(=O)O)[C@H]3C=C[C@H]2C3)sc2c1CCCC2. The number of aryl methyl sites for hydroxylation is 1. The summed E-state index contributed by atoms with van der Waals surface area (Å²) < 4.78 is 5.43. The third-order valence-electron chi connectivity index (χ3n) is 6.00. The van der Waals surface area contributed by atoms with Crippen molar-refractivity contribution in [1.82, 2.24) is 0 Å². The highest BCUT2D eigenvalue weighted by Crippen LogP contribution is 2.49. The molecule has 150 valence electrons. The van der Waals surface area contributed by atoms with Crippen molar-refractivity contribution in [2.24, 2.45) is 23.7 Å². The summed E-state index contributed by atoms with van der Waals surface area (Å²) in [5.41, 5.74) is 1.45. The zero-order valence-electron chi connectivity index (χ0n) is 16.1. The molecule has 1 heterocycles. The first-order valence-corrected chi connectivity index (χ1v) is 10.8. The first kappa shape index (κ1) is 19.2. The van der Waals surface area contributed by atoms with Crippen LogP contribution in [0.5, 0.6) is 0 Å². The zero-order valence-corrected chi connectivity index (χ0v) is 16.9. The summed E-state index contributed by atoms with van der Waals surface area (Å²) in [5.74, 6) is -3.07. The van der Waals surface area contributed by atoms with Gasteiger partial charge in [0, 0.05) is 4.88 Å². The quantitative estimate of drug-likeness (QED) is 0.578. The van der Waals surface area contributed by atoms with Crippen LogP contribution in [0.4, 0.5) is 5.00 Å². The Bertz CT molecular complexity index is 855. The zero-order chi connectivity index (χ0) is 20.0. The van der Waals surface area contributed by atoms with E-state index >= 15 is 0 Å². The fourth-order valence-electron chi connectivity index (χ4n) is 4.85. The van der Waals surface area contributed by atoms with E-state index in [0.29, 0.717) is 17.0 Å². The fraction of sp³-hybridized carbons (Fsp3) is 0.571. The molecule has 2 bridgehead atoms. The lowest BCUT2D eigenvalue weighted by atomic mass is 9.82. The summed E-state index contributed by atoms with van der Waals surface area (Å²) in [5, 5.41) is 13.0. The van der Waals surface area contributed by atoms with Gasteiger partial charge in [0.15, 0.2) is 0 Å². The number of nitrogens with one attached hydrogen (secondary N) is 1. The van der Waals surface area contributed by atoms with E-state index in [1.807, 2.05) is 12.2 Å². The van der Waals surface area contributed by atoms with Gasteiger partial charge in [-0.1, -0.05) is 12.2 Å². The van der Waals surface area contributed by atoms with Crippen molar-refractivity contribution in [2.75, 3.05) is 5.32 Å². The molecule has 7 heteroatoms. The third-order valence-corrected chi connectivity index (χ3v) is 7.21. The molecule has 28 heavy (non-hydrogen) atoms. The lowest BCUT2D eigenvalue weighted by molar-refractivity contribution is -0.146. The molecule has 1 saturated carbocycles. The first-order valence-electron chi connectivity index (χ1n) is 9.94. The minimum absolute atomic E-state index is 0.0493. The van der Waals surface area contributed by atoms with Crippen LogP contribution >= 0.6 is 11.3 Å². The molecule has 4 rings (SSSR count). The number of carboxylic acid groups (broad SMARTS) is 1. The molecule has 2 N–H and O–H groups in total. The maximum absolute atomic E-state index is 13.1. The third kappa shape index (κ3) is 3.26. The van der Waals surface area contributed by atoms with Crippen molar-refractivity contribution in [1.29, 1.82) is 0 Å². The van der Waals surface area contributed by atoms with Gasteiger partial charge >= 0.3 is 11.9 Å². The number of anilines is 1. The number of rotatable bonds is 5. The van der Waals surface area contributed by atoms with E-state index in [1.165, 1.54) is 11.3 Å². The first-order chi connectivity index (χ1) is 13.4. The average molecular weight is 404 g/mol. The van der Waals surface area contributed by atoms with Crippen LogP contribution in [-0.2, 0) is 27.2 Å². The number of carboxylic acids is 1. The summed E-state index contributed by atoms with van der Waals surface area (Å²) in [6.07, 6.45) is 8.12. The molecule has 0 radical (unpaired) electrons. The maximum Gasteiger partial charge on any atom is 0.341 e. The van der Waals surface area contributed by atoms with Crippen LogP contribution in [0.1, 0.15) is 53.9 Å². The van der Waals surface area contributed by atoms with E-state index in [1.54, 1.807) is 13.8 Å². The minimum Gasteiger partial charge on any atom is -0.481 e. The Morgan fingerprint density at radius 2 is 1.82 bits per heavy atom. The second-order valence-electron chi connectivity index (χ2n) is 8.20. The highest BCUT2D eigenvalue weighted by Gasteiger charge is 2.51. The topological polar surface area (TPSA) is 92.7 Å². The Labute approximate surface area is 168 Å². The molecule has 1 aromatic rings. The Hall–Kier alpha value is -2.15. The molecule has 3 aliphatic rings. The number of carbonyl (C=O) groups excluding carboxylic acids is 2. The van der Waals surface area contributed by atoms with Crippen LogP contribution in [0.25, 0.3) is 0 Å². The fourth-order valence-corrected chi connectivity index (χ4v) is 6.13. The minimum atomic E-state index is -0.929. The van der Waals surface area contributed by atoms with E-state index in [2.05, 4.69) is 5.32 Å². The number of aliphatic carboxylic acids is 1. The molecule has 0 spiro atoms. The van der Waals surface area contributed by atoms with Crippen LogP contribution in [0.3, 0.4) is 0 Å². The molecule has 1 fully saturated rings. The van der Waals surface area contributed by atoms with Crippen molar-refractivity contribution in [3.8, 4) is 0 Å². The van der Waals surface area contributed by atoms with Gasteiger partial charge in [-0.2, -0.15) is 0 Å². The van der Waals surface area contributed by atoms with E-state index < -0.39 is 23.8 Å². The summed E-state index contributed by atoms with van der Waals surface area (Å²) in [4.78, 5) is 38.7. The Kier molecular flexibility index (Phi) is 5.04. The lowest BCUT2D eigenvalue weighted by Crippen LogP contribution is -2.36. The van der Waals surface area contributed by atoms with Crippen molar-refractivity contribution < 1.29 is 24.2 Å². The largest absolute Gasteiger partial charge is 0.481 e. The molecule has 0 saturated heterocycles. The highest BCUT2D eigenvalue weighted by atomic mass is 32.1. The second-order valence-corrected chi connectivity index (χ2v) is 9.30. The van der Waals surface area contributed by atoms with E-state index in [4.69, 9.17) is 4.74 Å². The molecule has 6 nitrogen and oxygen atoms in total. The summed E-state index contributed by atoms with van der Waals surface area (Å²) in [6.45, 7) is 3.60. The van der Waals surface area contributed by atoms with Crippen molar-refractivity contribution in [3.05, 3.63) is 28.2 Å². The lowest BCUT2D eigenvalue weighted by Gasteiger charge is -2.23. The highest BCUT2D eigenvalue weighted by molar-refractivity contribution is 7.17. The molecule has 1 amide bonds. The van der Waals surface area contributed by atoms with Gasteiger partial charge in [-0.25, -0.2) is 4.79 Å². The van der Waals surface area contributed by atoms with Gasteiger partial charge in [-0.15, -0.1) is 11.3 Å². The number of esters is 1. The van der Waals surface area contributed by atoms with E-state index in [-0.39, 0.29) is 23.8 Å². The standard InChI is InChI=1S/C21H25NO5S/c1-10(2)27-21(26)17-13-5-3-4-6-14(13)28-19(17)22-18(23)15-11-7-8-12(9-11)16(15)20(24)25/h7-8,10-12,15-16H,3-6,9H2,1-2H3,(H,22,23)(H,24,25)/t11-,12-,15-,16+/m0/s1. The smallest absolute Gasteiger partial charge is 0.341 e. The van der Waals surface area contributed by atoms with Crippen LogP contribution in [0.15, 0.2) is 12.2 Å². The van der Waals surface area contributed by atoms with Gasteiger partial charge in [0.2, 0.25) is 5.91 Å². The Balaban J connectivity index is 1.63. The van der Waals surface area contributed by atoms with Gasteiger partial charge in [-0.05, 0) is 63.4 Å². The van der Waals surface area contributed by atoms with Gasteiger partial charge in [0.05, 0.1) is 23.5 Å². The average Bonchev–Trinajstić information content (AvgIpc) is 3.32. The predicted molar refractivity (Wildman–Crippen MR) is 105 cm³/mol. The molecular weight excluding hydrogens is 378 g/mol. The van der Waals surface area contributed by atoms with E-state index in [0.717, 1.165) is 36.1 Å². The molecule has 0 aliphatic heterocycles. The van der Waals surface area contributed by atoms with E-state index in [9.17, 15) is 19.5 Å². The molecule has 0 unspecified atom stereocenters. The van der Waals surface area contributed by atoms with Crippen molar-refractivity contribution >= 4 is 34.2 Å². The van der Waals surface area contributed by atoms with Crippen LogP contribution in [0, 0.1) is 23.7 Å². The monoisotopic (exact) mass is 403 g/mol. The van der Waals surface area contributed by atoms with Crippen LogP contribution in [0.2, 0.25) is 0 Å². The van der Waals surface area contributed by atoms with Gasteiger partial charge in [-0.3, -0.25) is 9.59 Å². The molecule has 3 aliphatic carbocycles. The number of ether oxygens (including phenoxy) is 1. The number of allylic oxidation sites excluding steroid dienone is 2. The summed E-state index contributed by atoms with van der Waals surface area (Å²) >= 11 is 1.44. The number of amides is 1. The Morgan fingerprint density at radius 1 is 1.14 bits per heavy atom. The van der Waals surface area contributed by atoms with Crippen molar-refractivity contribution in [3.63, 3.8) is 0 Å². The van der Waals surface area contributed by atoms with Gasteiger partial charge < -0.3 is 15.2 Å². The van der Waals surface area contributed by atoms with Crippen molar-refractivity contribution in [2.45, 2.75) is 52.1 Å². The predicted octanol–water partition coefficient (Wildman–Crippen LogP) is 3.65. The second kappa shape index (κ2) is 7.35. The molecule has 1 aromatic heterocycles. The number of hydrogen-bond acceptors (Lipinski definition) is 5. The summed E-state index contributed by atoms with van der Waals surface area (Å²) in [7, 11) is 0. The van der Waals surface area contributed by atoms with Gasteiger partial charge in [0.25, 0.3) is 0 Å². The number of carbonyl (C=O) groups is 3. The molecular formula is C21H25NO5S. The van der Waals surface area contributed by atoms with Crippen LogP contribution < -0.4 is 5.32 Å².